The molecule has 0 unspecified atom stereocenters. The maximum atomic E-state index is 12.2. The summed E-state index contributed by atoms with van der Waals surface area (Å²) in [4.78, 5) is 16.4. The second-order valence-electron chi connectivity index (χ2n) is 6.67. The Kier molecular flexibility index (Phi) is 7.74. The zero-order valence-corrected chi connectivity index (χ0v) is 16.6. The molecule has 7 heteroatoms. The minimum atomic E-state index is -0.0313. The van der Waals surface area contributed by atoms with E-state index in [4.69, 9.17) is 9.15 Å². The quantitative estimate of drug-likeness (QED) is 0.495. The zero-order chi connectivity index (χ0) is 20.3. The number of carbonyl (C=O) groups excluding carboxylic acids is 1. The van der Waals surface area contributed by atoms with E-state index in [1.807, 2.05) is 42.5 Å². The van der Waals surface area contributed by atoms with Gasteiger partial charge in [-0.25, -0.2) is 4.98 Å². The molecule has 0 bridgehead atoms. The Labute approximate surface area is 170 Å². The fourth-order valence-corrected chi connectivity index (χ4v) is 2.74. The average molecular weight is 394 g/mol. The van der Waals surface area contributed by atoms with Gasteiger partial charge >= 0.3 is 0 Å². The highest BCUT2D eigenvalue weighted by molar-refractivity contribution is 5.75. The SMILES string of the molecule is CCCCOc1ncccc1CNC(=O)CCCc1nnc(-c2ccccc2)o1. The number of nitrogens with zero attached hydrogens (tertiary/aromatic N) is 3. The molecule has 0 saturated heterocycles. The van der Waals surface area contributed by atoms with E-state index in [0.717, 1.165) is 24.0 Å². The van der Waals surface area contributed by atoms with E-state index in [1.165, 1.54) is 0 Å². The molecule has 1 amide bonds. The molecule has 0 fully saturated rings. The molecule has 29 heavy (non-hydrogen) atoms. The Balaban J connectivity index is 1.41. The van der Waals surface area contributed by atoms with Gasteiger partial charge in [0, 0.05) is 36.7 Å². The van der Waals surface area contributed by atoms with E-state index in [-0.39, 0.29) is 5.91 Å². The van der Waals surface area contributed by atoms with Crippen molar-refractivity contribution in [2.75, 3.05) is 6.61 Å². The molecule has 2 heterocycles. The lowest BCUT2D eigenvalue weighted by Gasteiger charge is -2.10. The first kappa shape index (κ1) is 20.5. The molecule has 1 N–H and O–H groups in total. The van der Waals surface area contributed by atoms with Crippen LogP contribution in [0.2, 0.25) is 0 Å². The number of aromatic nitrogens is 3. The molecule has 3 rings (SSSR count). The van der Waals surface area contributed by atoms with Crippen LogP contribution in [0.3, 0.4) is 0 Å². The van der Waals surface area contributed by atoms with Gasteiger partial charge in [-0.05, 0) is 31.0 Å². The molecule has 152 valence electrons. The molecule has 0 aliphatic carbocycles. The van der Waals surface area contributed by atoms with Crippen LogP contribution in [0.25, 0.3) is 11.5 Å². The lowest BCUT2D eigenvalue weighted by atomic mass is 10.2. The van der Waals surface area contributed by atoms with Crippen LogP contribution in [0.5, 0.6) is 5.88 Å². The lowest BCUT2D eigenvalue weighted by Crippen LogP contribution is -2.23. The summed E-state index contributed by atoms with van der Waals surface area (Å²) >= 11 is 0. The number of hydrogen-bond acceptors (Lipinski definition) is 6. The van der Waals surface area contributed by atoms with Crippen molar-refractivity contribution in [1.82, 2.24) is 20.5 Å². The van der Waals surface area contributed by atoms with Crippen LogP contribution in [-0.2, 0) is 17.8 Å². The summed E-state index contributed by atoms with van der Waals surface area (Å²) < 4.78 is 11.4. The first-order valence-electron chi connectivity index (χ1n) is 9.97. The number of benzene rings is 1. The zero-order valence-electron chi connectivity index (χ0n) is 16.6. The molecule has 1 aromatic carbocycles. The summed E-state index contributed by atoms with van der Waals surface area (Å²) in [5, 5.41) is 11.0. The van der Waals surface area contributed by atoms with E-state index in [1.54, 1.807) is 6.20 Å². The number of rotatable bonds is 11. The van der Waals surface area contributed by atoms with Gasteiger partial charge in [-0.15, -0.1) is 10.2 Å². The van der Waals surface area contributed by atoms with Gasteiger partial charge in [0.25, 0.3) is 0 Å². The molecular weight excluding hydrogens is 368 g/mol. The van der Waals surface area contributed by atoms with E-state index in [0.29, 0.717) is 50.1 Å². The molecule has 7 nitrogen and oxygen atoms in total. The maximum absolute atomic E-state index is 12.2. The Morgan fingerprint density at radius 1 is 1.10 bits per heavy atom. The second kappa shape index (κ2) is 10.9. The van der Waals surface area contributed by atoms with E-state index >= 15 is 0 Å². The minimum Gasteiger partial charge on any atom is -0.477 e. The van der Waals surface area contributed by atoms with Crippen LogP contribution in [0.15, 0.2) is 53.1 Å². The van der Waals surface area contributed by atoms with E-state index in [2.05, 4.69) is 27.4 Å². The van der Waals surface area contributed by atoms with Crippen molar-refractivity contribution in [2.45, 2.75) is 45.6 Å². The van der Waals surface area contributed by atoms with Gasteiger partial charge in [0.15, 0.2) is 0 Å². The van der Waals surface area contributed by atoms with E-state index in [9.17, 15) is 4.79 Å². The van der Waals surface area contributed by atoms with Crippen molar-refractivity contribution in [3.63, 3.8) is 0 Å². The fourth-order valence-electron chi connectivity index (χ4n) is 2.74. The summed E-state index contributed by atoms with van der Waals surface area (Å²) in [6.07, 6.45) is 5.31. The molecule has 3 aromatic rings. The maximum Gasteiger partial charge on any atom is 0.247 e. The largest absolute Gasteiger partial charge is 0.477 e. The minimum absolute atomic E-state index is 0.0313. The van der Waals surface area contributed by atoms with Gasteiger partial charge in [-0.3, -0.25) is 4.79 Å². The van der Waals surface area contributed by atoms with Crippen molar-refractivity contribution >= 4 is 5.91 Å². The van der Waals surface area contributed by atoms with Crippen LogP contribution in [-0.4, -0.2) is 27.7 Å². The van der Waals surface area contributed by atoms with Gasteiger partial charge in [0.1, 0.15) is 0 Å². The second-order valence-corrected chi connectivity index (χ2v) is 6.67. The molecule has 0 radical (unpaired) electrons. The van der Waals surface area contributed by atoms with Gasteiger partial charge in [-0.2, -0.15) is 0 Å². The number of nitrogens with one attached hydrogen (secondary N) is 1. The highest BCUT2D eigenvalue weighted by Crippen LogP contribution is 2.18. The molecule has 0 spiro atoms. The van der Waals surface area contributed by atoms with Crippen LogP contribution < -0.4 is 10.1 Å². The summed E-state index contributed by atoms with van der Waals surface area (Å²) in [5.74, 6) is 1.59. The highest BCUT2D eigenvalue weighted by atomic mass is 16.5. The van der Waals surface area contributed by atoms with Crippen LogP contribution in [0, 0.1) is 0 Å². The smallest absolute Gasteiger partial charge is 0.247 e. The number of hydrogen-bond donors (Lipinski definition) is 1. The number of aryl methyl sites for hydroxylation is 1. The predicted octanol–water partition coefficient (Wildman–Crippen LogP) is 3.95. The highest BCUT2D eigenvalue weighted by Gasteiger charge is 2.10. The molecule has 0 atom stereocenters. The molecule has 0 saturated carbocycles. The third-order valence-electron chi connectivity index (χ3n) is 4.34. The summed E-state index contributed by atoms with van der Waals surface area (Å²) in [6, 6.07) is 13.4. The van der Waals surface area contributed by atoms with Crippen molar-refractivity contribution in [2.24, 2.45) is 0 Å². The Bertz CT molecular complexity index is 896. The molecule has 0 aliphatic rings. The lowest BCUT2D eigenvalue weighted by molar-refractivity contribution is -0.121. The standard InChI is InChI=1S/C22H26N4O3/c1-2-3-15-28-21-18(11-8-14-23-21)16-24-19(27)12-7-13-20-25-26-22(29-20)17-9-5-4-6-10-17/h4-6,8-11,14H,2-3,7,12-13,15-16H2,1H3,(H,24,27). The fraction of sp³-hybridized carbons (Fsp3) is 0.364. The van der Waals surface area contributed by atoms with Crippen LogP contribution in [0.4, 0.5) is 0 Å². The Morgan fingerprint density at radius 2 is 1.97 bits per heavy atom. The van der Waals surface area contributed by atoms with Gasteiger partial charge < -0.3 is 14.5 Å². The number of amides is 1. The van der Waals surface area contributed by atoms with Gasteiger partial charge in [-0.1, -0.05) is 37.6 Å². The van der Waals surface area contributed by atoms with Gasteiger partial charge in [0.2, 0.25) is 23.6 Å². The summed E-state index contributed by atoms with van der Waals surface area (Å²) in [6.45, 7) is 3.14. The van der Waals surface area contributed by atoms with Crippen molar-refractivity contribution < 1.29 is 13.9 Å². The third-order valence-corrected chi connectivity index (χ3v) is 4.34. The first-order chi connectivity index (χ1) is 14.3. The number of unbranched alkanes of at least 4 members (excludes halogenated alkanes) is 1. The topological polar surface area (TPSA) is 90.1 Å². The Morgan fingerprint density at radius 3 is 2.79 bits per heavy atom. The third kappa shape index (κ3) is 6.41. The summed E-state index contributed by atoms with van der Waals surface area (Å²) in [5.41, 5.74) is 1.76. The molecular formula is C22H26N4O3. The van der Waals surface area contributed by atoms with Crippen LogP contribution >= 0.6 is 0 Å². The molecule has 2 aromatic heterocycles. The summed E-state index contributed by atoms with van der Waals surface area (Å²) in [7, 11) is 0. The first-order valence-corrected chi connectivity index (χ1v) is 9.97. The average Bonchev–Trinajstić information content (AvgIpc) is 3.23. The monoisotopic (exact) mass is 394 g/mol. The van der Waals surface area contributed by atoms with Gasteiger partial charge in [0.05, 0.1) is 6.61 Å². The van der Waals surface area contributed by atoms with Crippen molar-refractivity contribution in [3.8, 4) is 17.3 Å². The molecule has 0 aliphatic heterocycles. The van der Waals surface area contributed by atoms with Crippen molar-refractivity contribution in [1.29, 1.82) is 0 Å². The number of ether oxygens (including phenoxy) is 1. The van der Waals surface area contributed by atoms with Crippen molar-refractivity contribution in [3.05, 3.63) is 60.1 Å². The normalized spacial score (nSPS) is 10.7. The predicted molar refractivity (Wildman–Crippen MR) is 109 cm³/mol. The Hall–Kier alpha value is -3.22. The van der Waals surface area contributed by atoms with Crippen LogP contribution in [0.1, 0.15) is 44.1 Å². The van der Waals surface area contributed by atoms with E-state index < -0.39 is 0 Å². The number of carbonyl (C=O) groups is 1. The number of pyridine rings is 1.